The summed E-state index contributed by atoms with van der Waals surface area (Å²) in [5, 5.41) is 3.78. The van der Waals surface area contributed by atoms with Gasteiger partial charge in [0.25, 0.3) is 5.91 Å². The van der Waals surface area contributed by atoms with Crippen molar-refractivity contribution in [2.24, 2.45) is 16.3 Å². The Morgan fingerprint density at radius 3 is 2.50 bits per heavy atom. The van der Waals surface area contributed by atoms with E-state index >= 15 is 0 Å². The number of rotatable bonds is 7. The van der Waals surface area contributed by atoms with Gasteiger partial charge >= 0.3 is 0 Å². The maximum Gasteiger partial charge on any atom is 0.259 e. The minimum absolute atomic E-state index is 0.178. The quantitative estimate of drug-likeness (QED) is 0.353. The lowest BCUT2D eigenvalue weighted by Gasteiger charge is -2.33. The molecule has 1 N–H and O–H groups in total. The first kappa shape index (κ1) is 25.8. The van der Waals surface area contributed by atoms with Crippen LogP contribution in [-0.4, -0.2) is 33.5 Å². The predicted octanol–water partition coefficient (Wildman–Crippen LogP) is 6.93. The van der Waals surface area contributed by atoms with Crippen molar-refractivity contribution in [2.75, 3.05) is 26.6 Å². The van der Waals surface area contributed by atoms with Gasteiger partial charge in [0.1, 0.15) is 22.2 Å². The molecule has 0 spiro atoms. The van der Waals surface area contributed by atoms with Crippen LogP contribution in [0.3, 0.4) is 0 Å². The fourth-order valence-corrected chi connectivity index (χ4v) is 5.85. The molecule has 0 aliphatic heterocycles. The summed E-state index contributed by atoms with van der Waals surface area (Å²) in [5.41, 5.74) is 3.48. The van der Waals surface area contributed by atoms with Gasteiger partial charge in [-0.15, -0.1) is 11.3 Å². The lowest BCUT2D eigenvalue weighted by molar-refractivity contribution is 0.102. The van der Waals surface area contributed by atoms with Crippen LogP contribution in [0.2, 0.25) is 0 Å². The number of hydrogen-bond donors (Lipinski definition) is 1. The number of carbonyl (C=O) groups is 1. The van der Waals surface area contributed by atoms with Crippen LogP contribution in [0.5, 0.6) is 17.2 Å². The molecule has 1 amide bonds. The monoisotopic (exact) mass is 506 g/mol. The number of ether oxygens (including phenoxy) is 3. The Morgan fingerprint density at radius 1 is 1.06 bits per heavy atom. The summed E-state index contributed by atoms with van der Waals surface area (Å²) in [5.74, 6) is 2.36. The van der Waals surface area contributed by atoms with Crippen LogP contribution in [0.15, 0.2) is 47.5 Å². The number of nitrogens with zero attached hydrogens (tertiary/aromatic N) is 1. The van der Waals surface area contributed by atoms with Crippen LogP contribution in [0.1, 0.15) is 53.6 Å². The molecule has 1 aliphatic rings. The van der Waals surface area contributed by atoms with E-state index in [1.165, 1.54) is 4.88 Å². The van der Waals surface area contributed by atoms with Gasteiger partial charge < -0.3 is 19.5 Å². The van der Waals surface area contributed by atoms with Crippen LogP contribution in [-0.2, 0) is 12.8 Å². The zero-order chi connectivity index (χ0) is 25.9. The topological polar surface area (TPSA) is 69.2 Å². The van der Waals surface area contributed by atoms with Gasteiger partial charge in [-0.3, -0.25) is 4.79 Å². The van der Waals surface area contributed by atoms with E-state index in [4.69, 9.17) is 19.2 Å². The highest BCUT2D eigenvalue weighted by atomic mass is 32.1. The number of hydrogen-bond acceptors (Lipinski definition) is 6. The number of methoxy groups -OCH3 is 3. The van der Waals surface area contributed by atoms with E-state index in [1.54, 1.807) is 57.1 Å². The van der Waals surface area contributed by atoms with Crippen molar-refractivity contribution in [2.45, 2.75) is 40.0 Å². The zero-order valence-corrected chi connectivity index (χ0v) is 22.6. The predicted molar refractivity (Wildman–Crippen MR) is 147 cm³/mol. The van der Waals surface area contributed by atoms with Gasteiger partial charge in [-0.05, 0) is 66.0 Å². The Bertz CT molecular complexity index is 1270. The van der Waals surface area contributed by atoms with Crippen LogP contribution in [0.4, 0.5) is 10.7 Å². The highest BCUT2D eigenvalue weighted by molar-refractivity contribution is 7.16. The molecule has 0 bridgehead atoms. The van der Waals surface area contributed by atoms with E-state index in [0.29, 0.717) is 28.7 Å². The van der Waals surface area contributed by atoms with E-state index < -0.39 is 0 Å². The fraction of sp³-hybridized carbons (Fsp3) is 0.379. The number of fused-ring (bicyclic) bond motifs is 1. The third kappa shape index (κ3) is 5.57. The molecule has 190 valence electrons. The maximum atomic E-state index is 13.7. The molecule has 1 heterocycles. The minimum atomic E-state index is -0.178. The zero-order valence-electron chi connectivity index (χ0n) is 21.8. The number of nitrogens with one attached hydrogen (secondary N) is 1. The minimum Gasteiger partial charge on any atom is -0.497 e. The smallest absolute Gasteiger partial charge is 0.259 e. The van der Waals surface area contributed by atoms with Crippen LogP contribution < -0.4 is 19.5 Å². The van der Waals surface area contributed by atoms with E-state index in [9.17, 15) is 4.79 Å². The van der Waals surface area contributed by atoms with Crippen molar-refractivity contribution in [3.8, 4) is 17.2 Å². The number of anilines is 1. The number of thiophene rings is 1. The third-order valence-corrected chi connectivity index (χ3v) is 7.94. The van der Waals surface area contributed by atoms with E-state index in [1.807, 2.05) is 24.3 Å². The van der Waals surface area contributed by atoms with Crippen LogP contribution in [0, 0.1) is 11.3 Å². The fourth-order valence-electron chi connectivity index (χ4n) is 4.58. The molecule has 0 fully saturated rings. The molecule has 7 heteroatoms. The molecular formula is C29H34N2O4S. The lowest BCUT2D eigenvalue weighted by Crippen LogP contribution is -2.27. The molecule has 1 atom stereocenters. The second kappa shape index (κ2) is 10.7. The van der Waals surface area contributed by atoms with Gasteiger partial charge in [0.05, 0.1) is 32.6 Å². The first-order valence-electron chi connectivity index (χ1n) is 12.1. The van der Waals surface area contributed by atoms with E-state index in [-0.39, 0.29) is 11.3 Å². The second-order valence-electron chi connectivity index (χ2n) is 10.0. The summed E-state index contributed by atoms with van der Waals surface area (Å²) in [7, 11) is 4.82. The molecule has 0 saturated carbocycles. The van der Waals surface area contributed by atoms with Crippen molar-refractivity contribution in [3.63, 3.8) is 0 Å². The summed E-state index contributed by atoms with van der Waals surface area (Å²) < 4.78 is 16.1. The maximum absolute atomic E-state index is 13.7. The first-order chi connectivity index (χ1) is 17.2. The molecule has 2 aromatic carbocycles. The van der Waals surface area contributed by atoms with Gasteiger partial charge in [-0.25, -0.2) is 4.99 Å². The number of carbonyl (C=O) groups excluding carboxylic acids is 1. The summed E-state index contributed by atoms with van der Waals surface area (Å²) in [6.07, 6.45) is 4.68. The molecular weight excluding hydrogens is 472 g/mol. The van der Waals surface area contributed by atoms with Crippen molar-refractivity contribution >= 4 is 34.1 Å². The molecule has 0 radical (unpaired) electrons. The van der Waals surface area contributed by atoms with Gasteiger partial charge in [0.2, 0.25) is 0 Å². The summed E-state index contributed by atoms with van der Waals surface area (Å²) in [6, 6.07) is 13.1. The standard InChI is InChI=1S/C29H34N2O4S/c1-29(2,3)19-10-12-22-25(15-19)36-28(30-17-18-8-7-9-20(14-18)33-4)26(22)27(32)31-23-13-11-21(34-5)16-24(23)35-6/h7-9,11,13-14,16-17,19H,10,12,15H2,1-6H3,(H,31,32). The molecule has 3 aromatic rings. The van der Waals surface area contributed by atoms with E-state index in [2.05, 4.69) is 26.1 Å². The van der Waals surface area contributed by atoms with Crippen molar-refractivity contribution < 1.29 is 19.0 Å². The normalized spacial score (nSPS) is 15.4. The van der Waals surface area contributed by atoms with Crippen molar-refractivity contribution in [3.05, 3.63) is 64.0 Å². The molecule has 1 aliphatic carbocycles. The Labute approximate surface area is 217 Å². The second-order valence-corrected chi connectivity index (χ2v) is 11.1. The molecule has 1 unspecified atom stereocenters. The molecule has 1 aromatic heterocycles. The van der Waals surface area contributed by atoms with Crippen molar-refractivity contribution in [1.82, 2.24) is 0 Å². The SMILES string of the molecule is COc1cccc(C=Nc2sc3c(c2C(=O)Nc2ccc(OC)cc2OC)CCC(C(C)(C)C)C3)c1. The van der Waals surface area contributed by atoms with Crippen molar-refractivity contribution in [1.29, 1.82) is 0 Å². The highest BCUT2D eigenvalue weighted by Crippen LogP contribution is 2.45. The molecule has 36 heavy (non-hydrogen) atoms. The number of aliphatic imine (C=N–C) groups is 1. The molecule has 0 saturated heterocycles. The number of benzene rings is 2. The average molecular weight is 507 g/mol. The molecule has 4 rings (SSSR count). The van der Waals surface area contributed by atoms with Gasteiger partial charge in [0, 0.05) is 17.2 Å². The highest BCUT2D eigenvalue weighted by Gasteiger charge is 2.33. The Kier molecular flexibility index (Phi) is 7.69. The Hall–Kier alpha value is -3.32. The first-order valence-corrected chi connectivity index (χ1v) is 12.9. The Balaban J connectivity index is 1.71. The Morgan fingerprint density at radius 2 is 1.81 bits per heavy atom. The van der Waals surface area contributed by atoms with E-state index in [0.717, 1.165) is 41.1 Å². The number of amides is 1. The largest absolute Gasteiger partial charge is 0.497 e. The van der Waals surface area contributed by atoms with Crippen LogP contribution >= 0.6 is 11.3 Å². The lowest BCUT2D eigenvalue weighted by atomic mass is 9.72. The summed E-state index contributed by atoms with van der Waals surface area (Å²) >= 11 is 1.62. The van der Waals surface area contributed by atoms with Gasteiger partial charge in [-0.2, -0.15) is 0 Å². The van der Waals surface area contributed by atoms with Gasteiger partial charge in [0.15, 0.2) is 0 Å². The third-order valence-electron chi connectivity index (χ3n) is 6.78. The van der Waals surface area contributed by atoms with Crippen LogP contribution in [0.25, 0.3) is 0 Å². The average Bonchev–Trinajstić information content (AvgIpc) is 3.25. The summed E-state index contributed by atoms with van der Waals surface area (Å²) in [4.78, 5) is 19.8. The summed E-state index contributed by atoms with van der Waals surface area (Å²) in [6.45, 7) is 6.88. The van der Waals surface area contributed by atoms with Gasteiger partial charge in [-0.1, -0.05) is 32.9 Å². The molecule has 6 nitrogen and oxygen atoms in total.